The smallest absolute Gasteiger partial charge is 0.236 e. The van der Waals surface area contributed by atoms with Crippen molar-refractivity contribution in [2.45, 2.75) is 32.6 Å². The van der Waals surface area contributed by atoms with Gasteiger partial charge in [0.2, 0.25) is 11.8 Å². The maximum absolute atomic E-state index is 12.2. The molecule has 1 amide bonds. The summed E-state index contributed by atoms with van der Waals surface area (Å²) in [5.74, 6) is 1.16. The van der Waals surface area contributed by atoms with Crippen molar-refractivity contribution < 1.29 is 9.21 Å². The van der Waals surface area contributed by atoms with Crippen LogP contribution in [-0.4, -0.2) is 15.9 Å². The summed E-state index contributed by atoms with van der Waals surface area (Å²) in [6.07, 6.45) is 3.47. The Morgan fingerprint density at radius 3 is 3.09 bits per heavy atom. The Morgan fingerprint density at radius 1 is 1.39 bits per heavy atom. The van der Waals surface area contributed by atoms with Crippen LogP contribution in [0, 0.1) is 6.92 Å². The summed E-state index contributed by atoms with van der Waals surface area (Å²) in [6.45, 7) is 1.84. The highest BCUT2D eigenvalue weighted by Gasteiger charge is 2.19. The Bertz CT molecular complexity index is 827. The first-order valence-corrected chi connectivity index (χ1v) is 9.17. The first-order valence-electron chi connectivity index (χ1n) is 7.47. The normalized spacial score (nSPS) is 13.3. The maximum atomic E-state index is 12.2. The number of thiazole rings is 1. The van der Waals surface area contributed by atoms with E-state index in [4.69, 9.17) is 4.42 Å². The lowest BCUT2D eigenvalue weighted by molar-refractivity contribution is -0.115. The molecule has 0 spiro atoms. The van der Waals surface area contributed by atoms with Crippen LogP contribution < -0.4 is 5.32 Å². The third-order valence-corrected chi connectivity index (χ3v) is 5.73. The van der Waals surface area contributed by atoms with Gasteiger partial charge >= 0.3 is 0 Å². The molecule has 0 unspecified atom stereocenters. The van der Waals surface area contributed by atoms with Crippen LogP contribution in [-0.2, 0) is 24.1 Å². The van der Waals surface area contributed by atoms with Gasteiger partial charge in [-0.05, 0) is 37.6 Å². The van der Waals surface area contributed by atoms with Crippen molar-refractivity contribution in [1.82, 2.24) is 9.97 Å². The number of hydrogen-bond acceptors (Lipinski definition) is 6. The molecule has 4 rings (SSSR count). The highest BCUT2D eigenvalue weighted by atomic mass is 32.1. The van der Waals surface area contributed by atoms with E-state index in [0.717, 1.165) is 23.4 Å². The van der Waals surface area contributed by atoms with E-state index in [9.17, 15) is 4.79 Å². The standard InChI is InChI=1S/C16H15N3O2S2/c1-9-11(17-15(21-9)13-6-3-7-22-13)8-14(20)19-16-18-10-4-2-5-12(10)23-16/h3,6-7H,2,4-5,8H2,1H3,(H,18,19,20). The Balaban J connectivity index is 1.46. The first kappa shape index (κ1) is 14.6. The van der Waals surface area contributed by atoms with Crippen LogP contribution >= 0.6 is 22.7 Å². The SMILES string of the molecule is Cc1oc(-c2cccs2)nc1CC(=O)Nc1nc2c(s1)CCC2. The molecule has 118 valence electrons. The van der Waals surface area contributed by atoms with E-state index in [1.807, 2.05) is 24.4 Å². The Labute approximate surface area is 141 Å². The number of hydrogen-bond donors (Lipinski definition) is 1. The quantitative estimate of drug-likeness (QED) is 0.780. The molecule has 0 fully saturated rings. The Morgan fingerprint density at radius 2 is 2.30 bits per heavy atom. The van der Waals surface area contributed by atoms with Crippen LogP contribution in [0.15, 0.2) is 21.9 Å². The van der Waals surface area contributed by atoms with Gasteiger partial charge in [-0.1, -0.05) is 6.07 Å². The van der Waals surface area contributed by atoms with Gasteiger partial charge in [-0.2, -0.15) is 0 Å². The molecule has 0 bridgehead atoms. The van der Waals surface area contributed by atoms with Gasteiger partial charge in [-0.3, -0.25) is 4.79 Å². The number of oxazole rings is 1. The summed E-state index contributed by atoms with van der Waals surface area (Å²) in [7, 11) is 0. The van der Waals surface area contributed by atoms with Crippen molar-refractivity contribution in [2.24, 2.45) is 0 Å². The minimum Gasteiger partial charge on any atom is -0.440 e. The van der Waals surface area contributed by atoms with Crippen molar-refractivity contribution in [3.05, 3.63) is 39.5 Å². The van der Waals surface area contributed by atoms with Gasteiger partial charge in [0.25, 0.3) is 0 Å². The van der Waals surface area contributed by atoms with Crippen LogP contribution in [0.1, 0.15) is 28.4 Å². The summed E-state index contributed by atoms with van der Waals surface area (Å²) in [4.78, 5) is 23.4. The molecule has 0 saturated carbocycles. The van der Waals surface area contributed by atoms with E-state index < -0.39 is 0 Å². The minimum absolute atomic E-state index is 0.105. The third kappa shape index (κ3) is 2.94. The predicted octanol–water partition coefficient (Wildman–Crippen LogP) is 3.84. The fourth-order valence-corrected chi connectivity index (χ4v) is 4.37. The minimum atomic E-state index is -0.105. The number of anilines is 1. The van der Waals surface area contributed by atoms with Crippen molar-refractivity contribution in [3.63, 3.8) is 0 Å². The molecule has 7 heteroatoms. The second kappa shape index (κ2) is 5.90. The molecule has 1 N–H and O–H groups in total. The van der Waals surface area contributed by atoms with E-state index in [0.29, 0.717) is 22.5 Å². The van der Waals surface area contributed by atoms with Gasteiger partial charge in [0.15, 0.2) is 5.13 Å². The highest BCUT2D eigenvalue weighted by Crippen LogP contribution is 2.30. The second-order valence-corrected chi connectivity index (χ2v) is 7.50. The van der Waals surface area contributed by atoms with E-state index in [1.54, 1.807) is 22.7 Å². The van der Waals surface area contributed by atoms with Gasteiger partial charge in [-0.25, -0.2) is 9.97 Å². The number of carbonyl (C=O) groups is 1. The Hall–Kier alpha value is -1.99. The molecule has 3 heterocycles. The van der Waals surface area contributed by atoms with E-state index in [-0.39, 0.29) is 12.3 Å². The van der Waals surface area contributed by atoms with Crippen LogP contribution in [0.25, 0.3) is 10.8 Å². The lowest BCUT2D eigenvalue weighted by atomic mass is 10.2. The van der Waals surface area contributed by atoms with Crippen LogP contribution in [0.3, 0.4) is 0 Å². The molecule has 3 aromatic heterocycles. The zero-order valence-corrected chi connectivity index (χ0v) is 14.2. The molecular formula is C16H15N3O2S2. The van der Waals surface area contributed by atoms with Gasteiger partial charge in [0.05, 0.1) is 22.7 Å². The van der Waals surface area contributed by atoms with Crippen LogP contribution in [0.4, 0.5) is 5.13 Å². The molecule has 0 aromatic carbocycles. The van der Waals surface area contributed by atoms with Crippen molar-refractivity contribution in [1.29, 1.82) is 0 Å². The molecule has 0 radical (unpaired) electrons. The number of fused-ring (bicyclic) bond motifs is 1. The van der Waals surface area contributed by atoms with Gasteiger partial charge < -0.3 is 9.73 Å². The maximum Gasteiger partial charge on any atom is 0.236 e. The van der Waals surface area contributed by atoms with E-state index >= 15 is 0 Å². The summed E-state index contributed by atoms with van der Waals surface area (Å²) < 4.78 is 5.67. The zero-order valence-electron chi connectivity index (χ0n) is 12.6. The number of nitrogens with zero attached hydrogens (tertiary/aromatic N) is 2. The molecule has 23 heavy (non-hydrogen) atoms. The molecular weight excluding hydrogens is 330 g/mol. The largest absolute Gasteiger partial charge is 0.440 e. The third-order valence-electron chi connectivity index (χ3n) is 3.79. The summed E-state index contributed by atoms with van der Waals surface area (Å²) in [5.41, 5.74) is 1.82. The number of aryl methyl sites for hydroxylation is 3. The Kier molecular flexibility index (Phi) is 3.74. The first-order chi connectivity index (χ1) is 11.2. The lowest BCUT2D eigenvalue weighted by Gasteiger charge is -1.99. The number of aromatic nitrogens is 2. The molecule has 3 aromatic rings. The number of thiophene rings is 1. The van der Waals surface area contributed by atoms with Crippen LogP contribution in [0.5, 0.6) is 0 Å². The molecule has 0 saturated heterocycles. The van der Waals surface area contributed by atoms with Crippen molar-refractivity contribution >= 4 is 33.7 Å². The molecule has 0 aliphatic heterocycles. The summed E-state index contributed by atoms with van der Waals surface area (Å²) >= 11 is 3.15. The number of nitrogens with one attached hydrogen (secondary N) is 1. The van der Waals surface area contributed by atoms with Gasteiger partial charge in [0.1, 0.15) is 5.76 Å². The monoisotopic (exact) mass is 345 g/mol. The molecule has 1 aliphatic rings. The predicted molar refractivity (Wildman–Crippen MR) is 91.0 cm³/mol. The number of carbonyl (C=O) groups excluding carboxylic acids is 1. The van der Waals surface area contributed by atoms with Crippen molar-refractivity contribution in [3.8, 4) is 10.8 Å². The molecule has 1 aliphatic carbocycles. The number of amides is 1. The molecule has 5 nitrogen and oxygen atoms in total. The van der Waals surface area contributed by atoms with Crippen LogP contribution in [0.2, 0.25) is 0 Å². The lowest BCUT2D eigenvalue weighted by Crippen LogP contribution is -2.15. The fourth-order valence-electron chi connectivity index (χ4n) is 2.66. The topological polar surface area (TPSA) is 68.0 Å². The number of rotatable bonds is 4. The summed E-state index contributed by atoms with van der Waals surface area (Å²) in [5, 5.41) is 5.55. The van der Waals surface area contributed by atoms with Crippen molar-refractivity contribution in [2.75, 3.05) is 5.32 Å². The zero-order chi connectivity index (χ0) is 15.8. The van der Waals surface area contributed by atoms with Gasteiger partial charge in [-0.15, -0.1) is 22.7 Å². The fraction of sp³-hybridized carbons (Fsp3) is 0.312. The summed E-state index contributed by atoms with van der Waals surface area (Å²) in [6, 6.07) is 3.91. The average molecular weight is 345 g/mol. The molecule has 0 atom stereocenters. The highest BCUT2D eigenvalue weighted by molar-refractivity contribution is 7.16. The average Bonchev–Trinajstić information content (AvgIpc) is 3.23. The second-order valence-electron chi connectivity index (χ2n) is 5.47. The van der Waals surface area contributed by atoms with E-state index in [2.05, 4.69) is 15.3 Å². The van der Waals surface area contributed by atoms with Gasteiger partial charge in [0, 0.05) is 4.88 Å². The van der Waals surface area contributed by atoms with E-state index in [1.165, 1.54) is 11.3 Å².